The Hall–Kier alpha value is -2.56. The lowest BCUT2D eigenvalue weighted by molar-refractivity contribution is -0.118. The molecule has 0 heterocycles. The molecule has 0 saturated carbocycles. The van der Waals surface area contributed by atoms with Gasteiger partial charge in [-0.2, -0.15) is 0 Å². The first-order valence-electron chi connectivity index (χ1n) is 8.38. The maximum Gasteiger partial charge on any atom is 0.244 e. The van der Waals surface area contributed by atoms with Gasteiger partial charge < -0.3 is 10.6 Å². The molecule has 2 N–H and O–H groups in total. The summed E-state index contributed by atoms with van der Waals surface area (Å²) in [4.78, 5) is 23.8. The number of carbonyl (C=O) groups is 2. The summed E-state index contributed by atoms with van der Waals surface area (Å²) in [7, 11) is 0. The highest BCUT2D eigenvalue weighted by atomic mass is 35.5. The predicted octanol–water partition coefficient (Wildman–Crippen LogP) is 4.34. The van der Waals surface area contributed by atoms with Gasteiger partial charge in [-0.15, -0.1) is 0 Å². The van der Waals surface area contributed by atoms with Crippen LogP contribution in [0.25, 0.3) is 12.2 Å². The second-order valence-electron chi connectivity index (χ2n) is 5.92. The molecule has 4 nitrogen and oxygen atoms in total. The zero-order valence-corrected chi connectivity index (χ0v) is 16.3. The van der Waals surface area contributed by atoms with E-state index < -0.39 is 0 Å². The first kappa shape index (κ1) is 20.7. The van der Waals surface area contributed by atoms with Crippen LogP contribution in [-0.2, 0) is 9.59 Å². The molecule has 0 aliphatic rings. The van der Waals surface area contributed by atoms with Crippen molar-refractivity contribution in [2.24, 2.45) is 0 Å². The molecule has 2 aromatic carbocycles. The summed E-state index contributed by atoms with van der Waals surface area (Å²) in [6, 6.07) is 14.1. The minimum absolute atomic E-state index is 0.208. The summed E-state index contributed by atoms with van der Waals surface area (Å²) in [5, 5.41) is 6.82. The van der Waals surface area contributed by atoms with E-state index in [1.807, 2.05) is 31.2 Å². The van der Waals surface area contributed by atoms with Gasteiger partial charge in [0, 0.05) is 34.8 Å². The van der Waals surface area contributed by atoms with Crippen LogP contribution < -0.4 is 10.6 Å². The molecule has 0 radical (unpaired) electrons. The topological polar surface area (TPSA) is 58.2 Å². The Kier molecular flexibility index (Phi) is 8.11. The van der Waals surface area contributed by atoms with Crippen LogP contribution in [0.5, 0.6) is 0 Å². The molecule has 0 aromatic heterocycles. The minimum Gasteiger partial charge on any atom is -0.351 e. The third-order valence-electron chi connectivity index (χ3n) is 3.57. The molecule has 0 fully saturated rings. The van der Waals surface area contributed by atoms with Gasteiger partial charge in [0.2, 0.25) is 11.8 Å². The van der Waals surface area contributed by atoms with E-state index in [0.29, 0.717) is 16.6 Å². The van der Waals surface area contributed by atoms with Crippen molar-refractivity contribution in [3.8, 4) is 0 Å². The van der Waals surface area contributed by atoms with Crippen LogP contribution in [0.1, 0.15) is 18.1 Å². The molecule has 0 aliphatic heterocycles. The van der Waals surface area contributed by atoms with Crippen molar-refractivity contribution in [3.63, 3.8) is 0 Å². The Balaban J connectivity index is 1.73. The maximum absolute atomic E-state index is 11.9. The fourth-order valence-corrected chi connectivity index (χ4v) is 2.40. The SMILES string of the molecule is CC(CNC(=O)/C=C/c1ccc(Cl)cc1)NC(=O)/C=C/c1ccc(Cl)cc1. The van der Waals surface area contributed by atoms with E-state index in [2.05, 4.69) is 10.6 Å². The normalized spacial score (nSPS) is 12.3. The molecule has 0 saturated heterocycles. The average molecular weight is 403 g/mol. The van der Waals surface area contributed by atoms with E-state index in [-0.39, 0.29) is 17.9 Å². The Morgan fingerprint density at radius 3 is 1.78 bits per heavy atom. The summed E-state index contributed by atoms with van der Waals surface area (Å²) < 4.78 is 0. The lowest BCUT2D eigenvalue weighted by Crippen LogP contribution is -2.40. The Morgan fingerprint density at radius 2 is 1.30 bits per heavy atom. The van der Waals surface area contributed by atoms with Gasteiger partial charge in [-0.3, -0.25) is 9.59 Å². The largest absolute Gasteiger partial charge is 0.351 e. The second kappa shape index (κ2) is 10.6. The van der Waals surface area contributed by atoms with Crippen molar-refractivity contribution in [1.82, 2.24) is 10.6 Å². The van der Waals surface area contributed by atoms with Crippen LogP contribution in [0.4, 0.5) is 0 Å². The van der Waals surface area contributed by atoms with E-state index in [4.69, 9.17) is 23.2 Å². The van der Waals surface area contributed by atoms with Gasteiger partial charge in [-0.1, -0.05) is 47.5 Å². The number of amides is 2. The first-order valence-corrected chi connectivity index (χ1v) is 9.13. The number of carbonyl (C=O) groups excluding carboxylic acids is 2. The van der Waals surface area contributed by atoms with Crippen LogP contribution >= 0.6 is 23.2 Å². The minimum atomic E-state index is -0.234. The fourth-order valence-electron chi connectivity index (χ4n) is 2.15. The number of hydrogen-bond donors (Lipinski definition) is 2. The van der Waals surface area contributed by atoms with Crippen molar-refractivity contribution in [3.05, 3.63) is 81.9 Å². The fraction of sp³-hybridized carbons (Fsp3) is 0.143. The molecule has 1 atom stereocenters. The Labute approximate surface area is 168 Å². The third-order valence-corrected chi connectivity index (χ3v) is 4.07. The number of halogens is 2. The van der Waals surface area contributed by atoms with Crippen LogP contribution in [0.15, 0.2) is 60.7 Å². The first-order chi connectivity index (χ1) is 12.9. The van der Waals surface area contributed by atoms with Crippen LogP contribution in [0.3, 0.4) is 0 Å². The van der Waals surface area contributed by atoms with Crippen molar-refractivity contribution >= 4 is 47.2 Å². The van der Waals surface area contributed by atoms with E-state index >= 15 is 0 Å². The summed E-state index contributed by atoms with van der Waals surface area (Å²) in [6.45, 7) is 2.14. The molecule has 6 heteroatoms. The lowest BCUT2D eigenvalue weighted by atomic mass is 10.2. The van der Waals surface area contributed by atoms with Crippen molar-refractivity contribution in [1.29, 1.82) is 0 Å². The molecule has 27 heavy (non-hydrogen) atoms. The monoisotopic (exact) mass is 402 g/mol. The van der Waals surface area contributed by atoms with Gasteiger partial charge in [0.05, 0.1) is 0 Å². The number of hydrogen-bond acceptors (Lipinski definition) is 2. The maximum atomic E-state index is 11.9. The molecule has 0 bridgehead atoms. The molecule has 0 aliphatic carbocycles. The molecular formula is C21H20Cl2N2O2. The van der Waals surface area contributed by atoms with Crippen molar-refractivity contribution < 1.29 is 9.59 Å². The molecule has 2 aromatic rings. The predicted molar refractivity (Wildman–Crippen MR) is 112 cm³/mol. The van der Waals surface area contributed by atoms with Gasteiger partial charge in [0.15, 0.2) is 0 Å². The quantitative estimate of drug-likeness (QED) is 0.676. The second-order valence-corrected chi connectivity index (χ2v) is 6.80. The van der Waals surface area contributed by atoms with Gasteiger partial charge in [0.25, 0.3) is 0 Å². The smallest absolute Gasteiger partial charge is 0.244 e. The van der Waals surface area contributed by atoms with E-state index in [1.165, 1.54) is 12.2 Å². The zero-order valence-electron chi connectivity index (χ0n) is 14.8. The zero-order chi connectivity index (χ0) is 19.6. The van der Waals surface area contributed by atoms with E-state index in [9.17, 15) is 9.59 Å². The molecule has 0 spiro atoms. The van der Waals surface area contributed by atoms with Gasteiger partial charge in [-0.05, 0) is 54.5 Å². The van der Waals surface area contributed by atoms with Gasteiger partial charge in [-0.25, -0.2) is 0 Å². The molecular weight excluding hydrogens is 383 g/mol. The Morgan fingerprint density at radius 1 is 0.852 bits per heavy atom. The highest BCUT2D eigenvalue weighted by Crippen LogP contribution is 2.11. The van der Waals surface area contributed by atoms with Crippen molar-refractivity contribution in [2.45, 2.75) is 13.0 Å². The number of nitrogens with one attached hydrogen (secondary N) is 2. The summed E-state index contributed by atoms with van der Waals surface area (Å²) in [5.41, 5.74) is 1.76. The third kappa shape index (κ3) is 8.11. The lowest BCUT2D eigenvalue weighted by Gasteiger charge is -2.12. The summed E-state index contributed by atoms with van der Waals surface area (Å²) in [6.07, 6.45) is 6.29. The van der Waals surface area contributed by atoms with Gasteiger partial charge >= 0.3 is 0 Å². The summed E-state index contributed by atoms with van der Waals surface area (Å²) >= 11 is 11.6. The molecule has 140 valence electrons. The number of benzene rings is 2. The molecule has 2 amide bonds. The van der Waals surface area contributed by atoms with Crippen LogP contribution in [0.2, 0.25) is 10.0 Å². The van der Waals surface area contributed by atoms with Crippen molar-refractivity contribution in [2.75, 3.05) is 6.54 Å². The average Bonchev–Trinajstić information content (AvgIpc) is 2.65. The van der Waals surface area contributed by atoms with E-state index in [1.54, 1.807) is 36.4 Å². The Bertz CT molecular complexity index is 828. The van der Waals surface area contributed by atoms with Gasteiger partial charge in [0.1, 0.15) is 0 Å². The molecule has 2 rings (SSSR count). The highest BCUT2D eigenvalue weighted by molar-refractivity contribution is 6.30. The molecule has 1 unspecified atom stereocenters. The van der Waals surface area contributed by atoms with Crippen LogP contribution in [0, 0.1) is 0 Å². The van der Waals surface area contributed by atoms with E-state index in [0.717, 1.165) is 11.1 Å². The van der Waals surface area contributed by atoms with Crippen LogP contribution in [-0.4, -0.2) is 24.4 Å². The highest BCUT2D eigenvalue weighted by Gasteiger charge is 2.05. The number of rotatable bonds is 7. The summed E-state index contributed by atoms with van der Waals surface area (Å²) in [5.74, 6) is -0.467. The standard InChI is InChI=1S/C21H20Cl2N2O2/c1-15(25-21(27)13-7-17-4-10-19(23)11-5-17)14-24-20(26)12-6-16-2-8-18(22)9-3-16/h2-13,15H,14H2,1H3,(H,24,26)(H,25,27)/b12-6+,13-7+.